The van der Waals surface area contributed by atoms with Gasteiger partial charge in [-0.1, -0.05) is 71.7 Å². The Hall–Kier alpha value is -3.16. The summed E-state index contributed by atoms with van der Waals surface area (Å²) < 4.78 is 13.8. The van der Waals surface area contributed by atoms with Crippen LogP contribution in [0.4, 0.5) is 0 Å². The lowest BCUT2D eigenvalue weighted by molar-refractivity contribution is 0.284. The molecule has 6 nitrogen and oxygen atoms in total. The average molecular weight is 555 g/mol. The molecule has 0 saturated heterocycles. The number of methoxy groups -OCH3 is 1. The molecule has 0 N–H and O–H groups in total. The minimum atomic E-state index is -0.247. The average Bonchev–Trinajstić information content (AvgIpc) is 2.87. The van der Waals surface area contributed by atoms with Crippen molar-refractivity contribution in [3.05, 3.63) is 97.5 Å². The highest BCUT2D eigenvalue weighted by Gasteiger charge is 2.17. The smallest absolute Gasteiger partial charge is 0.282 e. The highest BCUT2D eigenvalue weighted by atomic mass is 79.9. The predicted molar refractivity (Wildman–Crippen MR) is 144 cm³/mol. The largest absolute Gasteiger partial charge is 0.493 e. The van der Waals surface area contributed by atoms with Gasteiger partial charge in [0.2, 0.25) is 0 Å². The Morgan fingerprint density at radius 1 is 1.17 bits per heavy atom. The number of aromatic nitrogens is 2. The van der Waals surface area contributed by atoms with Crippen molar-refractivity contribution in [2.45, 2.75) is 32.8 Å². The van der Waals surface area contributed by atoms with Crippen LogP contribution in [0.1, 0.15) is 43.1 Å². The van der Waals surface area contributed by atoms with Gasteiger partial charge in [0.15, 0.2) is 11.5 Å². The Bertz CT molecular complexity index is 1440. The van der Waals surface area contributed by atoms with Crippen molar-refractivity contribution in [1.29, 1.82) is 0 Å². The summed E-state index contributed by atoms with van der Waals surface area (Å²) in [7, 11) is 1.55. The third-order valence-corrected chi connectivity index (χ3v) is 6.40. The van der Waals surface area contributed by atoms with Crippen LogP contribution in [-0.2, 0) is 6.61 Å². The van der Waals surface area contributed by atoms with E-state index in [1.165, 1.54) is 4.68 Å². The number of halogens is 2. The molecule has 4 rings (SSSR count). The van der Waals surface area contributed by atoms with Gasteiger partial charge in [0.1, 0.15) is 12.4 Å². The molecule has 8 heteroatoms. The molecule has 0 radical (unpaired) electrons. The normalized spacial score (nSPS) is 12.3. The molecule has 0 saturated carbocycles. The van der Waals surface area contributed by atoms with E-state index >= 15 is 0 Å². The van der Waals surface area contributed by atoms with E-state index in [1.54, 1.807) is 31.5 Å². The maximum absolute atomic E-state index is 13.4. The quantitative estimate of drug-likeness (QED) is 0.225. The molecule has 0 aliphatic heterocycles. The third-order valence-electron chi connectivity index (χ3n) is 5.69. The number of nitrogens with zero attached hydrogens (tertiary/aromatic N) is 3. The molecule has 35 heavy (non-hydrogen) atoms. The second-order valence-electron chi connectivity index (χ2n) is 8.10. The van der Waals surface area contributed by atoms with Crippen LogP contribution in [0.2, 0.25) is 5.02 Å². The van der Waals surface area contributed by atoms with Crippen LogP contribution in [0.5, 0.6) is 11.5 Å². The monoisotopic (exact) mass is 553 g/mol. The van der Waals surface area contributed by atoms with Crippen LogP contribution in [0, 0.1) is 0 Å². The summed E-state index contributed by atoms with van der Waals surface area (Å²) >= 11 is 9.79. The van der Waals surface area contributed by atoms with E-state index < -0.39 is 0 Å². The lowest BCUT2D eigenvalue weighted by Crippen LogP contribution is -2.23. The van der Waals surface area contributed by atoms with Gasteiger partial charge in [0.05, 0.1) is 24.2 Å². The molecule has 3 aromatic carbocycles. The Morgan fingerprint density at radius 2 is 1.94 bits per heavy atom. The van der Waals surface area contributed by atoms with Gasteiger partial charge in [0, 0.05) is 27.0 Å². The minimum absolute atomic E-state index is 0.0237. The standard InChI is InChI=1S/C27H25BrClN3O3/c1-4-17(2)26-31-23-11-10-20(28)13-22(23)27(33)32(26)30-15-19-12-21(29)14-24(34-3)25(19)35-16-18-8-6-5-7-9-18/h5-15,17H,4,16H2,1-3H3/t17-/m1/s1. The first-order valence-corrected chi connectivity index (χ1v) is 12.4. The van der Waals surface area contributed by atoms with Gasteiger partial charge in [-0.05, 0) is 36.2 Å². The maximum atomic E-state index is 13.4. The first kappa shape index (κ1) is 24.9. The van der Waals surface area contributed by atoms with Crippen molar-refractivity contribution in [3.63, 3.8) is 0 Å². The Labute approximate surface area is 217 Å². The molecular weight excluding hydrogens is 530 g/mol. The molecule has 1 aromatic heterocycles. The zero-order valence-electron chi connectivity index (χ0n) is 19.7. The van der Waals surface area contributed by atoms with Crippen LogP contribution in [0.15, 0.2) is 75.0 Å². The Kier molecular flexibility index (Phi) is 7.88. The first-order valence-electron chi connectivity index (χ1n) is 11.2. The molecule has 1 atom stereocenters. The predicted octanol–water partition coefficient (Wildman–Crippen LogP) is 6.80. The fourth-order valence-corrected chi connectivity index (χ4v) is 4.20. The molecule has 1 heterocycles. The van der Waals surface area contributed by atoms with Crippen molar-refractivity contribution >= 4 is 44.6 Å². The van der Waals surface area contributed by atoms with Gasteiger partial charge in [-0.3, -0.25) is 4.79 Å². The van der Waals surface area contributed by atoms with Crippen molar-refractivity contribution in [3.8, 4) is 11.5 Å². The number of benzene rings is 3. The third kappa shape index (κ3) is 5.57. The lowest BCUT2D eigenvalue weighted by atomic mass is 10.1. The Balaban J connectivity index is 1.81. The van der Waals surface area contributed by atoms with Crippen LogP contribution in [0.25, 0.3) is 10.9 Å². The molecule has 0 unspecified atom stereocenters. The summed E-state index contributed by atoms with van der Waals surface area (Å²) in [6.07, 6.45) is 2.37. The number of rotatable bonds is 8. The molecule has 0 aliphatic rings. The Morgan fingerprint density at radius 3 is 2.66 bits per heavy atom. The van der Waals surface area contributed by atoms with Crippen molar-refractivity contribution < 1.29 is 9.47 Å². The molecule has 0 amide bonds. The molecule has 180 valence electrons. The van der Waals surface area contributed by atoms with Gasteiger partial charge < -0.3 is 9.47 Å². The highest BCUT2D eigenvalue weighted by Crippen LogP contribution is 2.34. The van der Waals surface area contributed by atoms with E-state index in [2.05, 4.69) is 21.0 Å². The number of ether oxygens (including phenoxy) is 2. The summed E-state index contributed by atoms with van der Waals surface area (Å²) in [5.74, 6) is 1.57. The molecular formula is C27H25BrClN3O3. The molecule has 4 aromatic rings. The molecule has 0 bridgehead atoms. The lowest BCUT2D eigenvalue weighted by Gasteiger charge is -2.15. The van der Waals surface area contributed by atoms with E-state index in [1.807, 2.05) is 56.3 Å². The van der Waals surface area contributed by atoms with Gasteiger partial charge in [-0.2, -0.15) is 9.78 Å². The maximum Gasteiger partial charge on any atom is 0.282 e. The van der Waals surface area contributed by atoms with E-state index in [0.717, 1.165) is 16.5 Å². The van der Waals surface area contributed by atoms with Crippen LogP contribution >= 0.6 is 27.5 Å². The van der Waals surface area contributed by atoms with Gasteiger partial charge in [0.25, 0.3) is 5.56 Å². The van der Waals surface area contributed by atoms with E-state index in [0.29, 0.717) is 45.4 Å². The van der Waals surface area contributed by atoms with E-state index in [9.17, 15) is 4.79 Å². The first-order chi connectivity index (χ1) is 16.9. The molecule has 0 fully saturated rings. The van der Waals surface area contributed by atoms with E-state index in [4.69, 9.17) is 26.1 Å². The molecule has 0 aliphatic carbocycles. The van der Waals surface area contributed by atoms with Crippen LogP contribution in [-0.4, -0.2) is 23.0 Å². The summed E-state index contributed by atoms with van der Waals surface area (Å²) in [5, 5.41) is 5.51. The summed E-state index contributed by atoms with van der Waals surface area (Å²) in [6, 6.07) is 18.7. The highest BCUT2D eigenvalue weighted by molar-refractivity contribution is 9.10. The number of hydrogen-bond donors (Lipinski definition) is 0. The SMILES string of the molecule is CC[C@@H](C)c1nc2ccc(Br)cc2c(=O)n1N=Cc1cc(Cl)cc(OC)c1OCc1ccccc1. The second kappa shape index (κ2) is 11.1. The summed E-state index contributed by atoms with van der Waals surface area (Å²) in [6.45, 7) is 4.41. The second-order valence-corrected chi connectivity index (χ2v) is 9.46. The molecule has 0 spiro atoms. The fourth-order valence-electron chi connectivity index (χ4n) is 3.62. The van der Waals surface area contributed by atoms with Crippen LogP contribution in [0.3, 0.4) is 0 Å². The topological polar surface area (TPSA) is 65.7 Å². The summed E-state index contributed by atoms with van der Waals surface area (Å²) in [5.41, 5.74) is 1.98. The summed E-state index contributed by atoms with van der Waals surface area (Å²) in [4.78, 5) is 18.2. The van der Waals surface area contributed by atoms with Gasteiger partial charge in [-0.25, -0.2) is 4.98 Å². The zero-order valence-corrected chi connectivity index (χ0v) is 22.0. The van der Waals surface area contributed by atoms with Gasteiger partial charge in [-0.15, -0.1) is 0 Å². The minimum Gasteiger partial charge on any atom is -0.493 e. The van der Waals surface area contributed by atoms with Crippen LogP contribution < -0.4 is 15.0 Å². The number of hydrogen-bond acceptors (Lipinski definition) is 5. The van der Waals surface area contributed by atoms with Crippen molar-refractivity contribution in [2.24, 2.45) is 5.10 Å². The number of fused-ring (bicyclic) bond motifs is 1. The fraction of sp³-hybridized carbons (Fsp3) is 0.222. The van der Waals surface area contributed by atoms with Crippen molar-refractivity contribution in [2.75, 3.05) is 7.11 Å². The van der Waals surface area contributed by atoms with Gasteiger partial charge >= 0.3 is 0 Å². The van der Waals surface area contributed by atoms with E-state index in [-0.39, 0.29) is 11.5 Å². The zero-order chi connectivity index (χ0) is 24.9. The van der Waals surface area contributed by atoms with Crippen molar-refractivity contribution in [1.82, 2.24) is 9.66 Å².